The monoisotopic (exact) mass is 420 g/mol. The number of amides is 3. The Hall–Kier alpha value is -3.48. The van der Waals surface area contributed by atoms with Crippen LogP contribution in [0.5, 0.6) is 0 Å². The van der Waals surface area contributed by atoms with Crippen molar-refractivity contribution in [2.75, 3.05) is 13.2 Å². The summed E-state index contributed by atoms with van der Waals surface area (Å²) in [6, 6.07) is 13.4. The molecule has 3 amide bonds. The highest BCUT2D eigenvalue weighted by atomic mass is 16.5. The predicted octanol–water partition coefficient (Wildman–Crippen LogP) is 3.04. The topological polar surface area (TPSA) is 84.0 Å². The van der Waals surface area contributed by atoms with Crippen LogP contribution in [0.1, 0.15) is 62.8 Å². The number of piperidine rings is 1. The second-order valence-electron chi connectivity index (χ2n) is 7.95. The van der Waals surface area contributed by atoms with Crippen LogP contribution in [0.15, 0.2) is 48.5 Å². The largest absolute Gasteiger partial charge is 0.452 e. The molecule has 7 heteroatoms. The Morgan fingerprint density at radius 2 is 1.71 bits per heavy atom. The Kier molecular flexibility index (Phi) is 5.84. The average Bonchev–Trinajstić information content (AvgIpc) is 3.03. The third kappa shape index (κ3) is 4.21. The van der Waals surface area contributed by atoms with Crippen molar-refractivity contribution in [1.29, 1.82) is 0 Å². The minimum atomic E-state index is -0.609. The summed E-state index contributed by atoms with van der Waals surface area (Å²) in [6.45, 7) is 2.44. The molecule has 1 fully saturated rings. The fraction of sp³-hybridized carbons (Fsp3) is 0.333. The van der Waals surface area contributed by atoms with Crippen LogP contribution in [0.25, 0.3) is 0 Å². The molecule has 2 heterocycles. The molecule has 2 aliphatic heterocycles. The summed E-state index contributed by atoms with van der Waals surface area (Å²) in [5.74, 6) is -1.50. The zero-order valence-corrected chi connectivity index (χ0v) is 17.4. The number of rotatable bonds is 5. The molecule has 0 aromatic heterocycles. The number of carbonyl (C=O) groups is 4. The first kappa shape index (κ1) is 20.8. The van der Waals surface area contributed by atoms with Crippen molar-refractivity contribution < 1.29 is 23.9 Å². The highest BCUT2D eigenvalue weighted by Crippen LogP contribution is 2.24. The van der Waals surface area contributed by atoms with Crippen LogP contribution in [0.4, 0.5) is 0 Å². The van der Waals surface area contributed by atoms with Gasteiger partial charge in [-0.3, -0.25) is 19.3 Å². The van der Waals surface area contributed by atoms with Gasteiger partial charge >= 0.3 is 5.97 Å². The summed E-state index contributed by atoms with van der Waals surface area (Å²) >= 11 is 0. The van der Waals surface area contributed by atoms with E-state index in [1.165, 1.54) is 0 Å². The standard InChI is InChI=1S/C24H24N2O5/c1-16-7-4-5-12-25(16)21(27)15-31-24(30)18-9-6-8-17(13-18)14-26-22(28)19-10-2-3-11-20(19)23(26)29/h2-3,6,8-11,13,16H,4-5,7,12,14-15H2,1H3/t16-/m0/s1. The van der Waals surface area contributed by atoms with Crippen LogP contribution in [0, 0.1) is 0 Å². The molecular weight excluding hydrogens is 396 g/mol. The number of ether oxygens (including phenoxy) is 1. The van der Waals surface area contributed by atoms with Crippen LogP contribution >= 0.6 is 0 Å². The van der Waals surface area contributed by atoms with E-state index in [2.05, 4.69) is 0 Å². The first-order valence-corrected chi connectivity index (χ1v) is 10.5. The van der Waals surface area contributed by atoms with Gasteiger partial charge in [-0.2, -0.15) is 0 Å². The second kappa shape index (κ2) is 8.71. The van der Waals surface area contributed by atoms with Crippen molar-refractivity contribution in [3.8, 4) is 0 Å². The molecule has 0 N–H and O–H groups in total. The number of fused-ring (bicyclic) bond motifs is 1. The Bertz CT molecular complexity index is 1010. The van der Waals surface area contributed by atoms with E-state index in [1.54, 1.807) is 53.4 Å². The fourth-order valence-electron chi connectivity index (χ4n) is 4.12. The smallest absolute Gasteiger partial charge is 0.338 e. The highest BCUT2D eigenvalue weighted by Gasteiger charge is 2.35. The van der Waals surface area contributed by atoms with Crippen LogP contribution < -0.4 is 0 Å². The molecule has 160 valence electrons. The summed E-state index contributed by atoms with van der Waals surface area (Å²) in [4.78, 5) is 52.9. The normalized spacial score (nSPS) is 18.2. The molecule has 1 atom stereocenters. The molecule has 4 rings (SSSR count). The number of imide groups is 1. The molecule has 0 radical (unpaired) electrons. The maximum atomic E-state index is 12.6. The van der Waals surface area contributed by atoms with Crippen molar-refractivity contribution in [2.24, 2.45) is 0 Å². The number of hydrogen-bond acceptors (Lipinski definition) is 5. The molecule has 0 spiro atoms. The van der Waals surface area contributed by atoms with Gasteiger partial charge in [0.05, 0.1) is 23.2 Å². The molecule has 0 unspecified atom stereocenters. The van der Waals surface area contributed by atoms with Crippen molar-refractivity contribution in [3.05, 3.63) is 70.8 Å². The molecule has 2 aromatic rings. The third-order valence-electron chi connectivity index (χ3n) is 5.83. The quantitative estimate of drug-likeness (QED) is 0.548. The van der Waals surface area contributed by atoms with Gasteiger partial charge in [0.2, 0.25) is 0 Å². The van der Waals surface area contributed by atoms with E-state index in [0.717, 1.165) is 24.2 Å². The molecule has 2 aromatic carbocycles. The van der Waals surface area contributed by atoms with Crippen molar-refractivity contribution in [3.63, 3.8) is 0 Å². The third-order valence-corrected chi connectivity index (χ3v) is 5.83. The molecule has 2 aliphatic rings. The average molecular weight is 420 g/mol. The summed E-state index contributed by atoms with van der Waals surface area (Å²) in [5, 5.41) is 0. The number of esters is 1. The van der Waals surface area contributed by atoms with Crippen molar-refractivity contribution in [2.45, 2.75) is 38.8 Å². The van der Waals surface area contributed by atoms with Gasteiger partial charge in [0.15, 0.2) is 6.61 Å². The summed E-state index contributed by atoms with van der Waals surface area (Å²) in [6.07, 6.45) is 3.02. The van der Waals surface area contributed by atoms with Gasteiger partial charge in [0, 0.05) is 12.6 Å². The van der Waals surface area contributed by atoms with Gasteiger partial charge in [0.1, 0.15) is 0 Å². The van der Waals surface area contributed by atoms with Gasteiger partial charge in [-0.15, -0.1) is 0 Å². The van der Waals surface area contributed by atoms with E-state index >= 15 is 0 Å². The molecule has 31 heavy (non-hydrogen) atoms. The molecule has 0 bridgehead atoms. The zero-order valence-electron chi connectivity index (χ0n) is 17.4. The van der Waals surface area contributed by atoms with Crippen LogP contribution in [0.2, 0.25) is 0 Å². The van der Waals surface area contributed by atoms with Gasteiger partial charge < -0.3 is 9.64 Å². The van der Waals surface area contributed by atoms with E-state index in [9.17, 15) is 19.2 Å². The minimum Gasteiger partial charge on any atom is -0.452 e. The van der Waals surface area contributed by atoms with Gasteiger partial charge in [-0.25, -0.2) is 4.79 Å². The van der Waals surface area contributed by atoms with E-state index < -0.39 is 5.97 Å². The molecule has 7 nitrogen and oxygen atoms in total. The zero-order chi connectivity index (χ0) is 22.0. The van der Waals surface area contributed by atoms with Gasteiger partial charge in [0.25, 0.3) is 17.7 Å². The van der Waals surface area contributed by atoms with Gasteiger partial charge in [-0.1, -0.05) is 24.3 Å². The number of nitrogens with zero attached hydrogens (tertiary/aromatic N) is 2. The Balaban J connectivity index is 1.39. The number of benzene rings is 2. The van der Waals surface area contributed by atoms with Crippen molar-refractivity contribution in [1.82, 2.24) is 9.80 Å². The maximum Gasteiger partial charge on any atom is 0.338 e. The molecule has 1 saturated heterocycles. The lowest BCUT2D eigenvalue weighted by Crippen LogP contribution is -2.44. The van der Waals surface area contributed by atoms with Crippen LogP contribution in [0.3, 0.4) is 0 Å². The van der Waals surface area contributed by atoms with E-state index in [4.69, 9.17) is 4.74 Å². The first-order valence-electron chi connectivity index (χ1n) is 10.5. The Morgan fingerprint density at radius 1 is 1.00 bits per heavy atom. The SMILES string of the molecule is C[C@H]1CCCCN1C(=O)COC(=O)c1cccc(CN2C(=O)c3ccccc3C2=O)c1. The van der Waals surface area contributed by atoms with Crippen LogP contribution in [-0.4, -0.2) is 52.7 Å². The summed E-state index contributed by atoms with van der Waals surface area (Å²) in [7, 11) is 0. The lowest BCUT2D eigenvalue weighted by molar-refractivity contribution is -0.137. The summed E-state index contributed by atoms with van der Waals surface area (Å²) in [5.41, 5.74) is 1.66. The number of hydrogen-bond donors (Lipinski definition) is 0. The minimum absolute atomic E-state index is 0.0533. The van der Waals surface area contributed by atoms with Gasteiger partial charge in [-0.05, 0) is 56.0 Å². The van der Waals surface area contributed by atoms with Crippen LogP contribution in [-0.2, 0) is 16.1 Å². The lowest BCUT2D eigenvalue weighted by Gasteiger charge is -2.33. The number of likely N-dealkylation sites (tertiary alicyclic amines) is 1. The van der Waals surface area contributed by atoms with Crippen molar-refractivity contribution >= 4 is 23.7 Å². The first-order chi connectivity index (χ1) is 15.0. The predicted molar refractivity (Wildman–Crippen MR) is 112 cm³/mol. The highest BCUT2D eigenvalue weighted by molar-refractivity contribution is 6.21. The maximum absolute atomic E-state index is 12.6. The van der Waals surface area contributed by atoms with E-state index in [0.29, 0.717) is 23.2 Å². The fourth-order valence-corrected chi connectivity index (χ4v) is 4.12. The lowest BCUT2D eigenvalue weighted by atomic mass is 10.0. The molecule has 0 saturated carbocycles. The summed E-state index contributed by atoms with van der Waals surface area (Å²) < 4.78 is 5.23. The Labute approximate surface area is 180 Å². The number of carbonyl (C=O) groups excluding carboxylic acids is 4. The van der Waals surface area contributed by atoms with E-state index in [1.807, 2.05) is 6.92 Å². The molecular formula is C24H24N2O5. The second-order valence-corrected chi connectivity index (χ2v) is 7.95. The Morgan fingerprint density at radius 3 is 2.39 bits per heavy atom. The molecule has 0 aliphatic carbocycles. The van der Waals surface area contributed by atoms with E-state index in [-0.39, 0.29) is 42.5 Å².